The molecule has 2 aromatic rings. The molecule has 1 aromatic carbocycles. The Morgan fingerprint density at radius 2 is 2.21 bits per heavy atom. The minimum Gasteiger partial charge on any atom is -0.306 e. The van der Waals surface area contributed by atoms with Gasteiger partial charge in [-0.15, -0.1) is 0 Å². The van der Waals surface area contributed by atoms with Gasteiger partial charge in [-0.2, -0.15) is 0 Å². The van der Waals surface area contributed by atoms with E-state index in [1.165, 1.54) is 0 Å². The van der Waals surface area contributed by atoms with Gasteiger partial charge in [-0.05, 0) is 36.8 Å². The molecule has 19 heavy (non-hydrogen) atoms. The molecule has 0 atom stereocenters. The lowest BCUT2D eigenvalue weighted by Crippen LogP contribution is -2.43. The van der Waals surface area contributed by atoms with Gasteiger partial charge in [0.15, 0.2) is 5.82 Å². The standard InChI is InChI=1S/C13H13N5O/c1-8-4-5-15-12(16-8)9-2-3-11-10(6-9)7-18(14)13(19)17-11/h2-6H,7,14H2,1H3,(H,17,19). The van der Waals surface area contributed by atoms with Crippen LogP contribution in [0.3, 0.4) is 0 Å². The first-order valence-electron chi connectivity index (χ1n) is 5.89. The summed E-state index contributed by atoms with van der Waals surface area (Å²) >= 11 is 0. The summed E-state index contributed by atoms with van der Waals surface area (Å²) in [5.41, 5.74) is 3.55. The number of urea groups is 1. The van der Waals surface area contributed by atoms with Gasteiger partial charge in [0, 0.05) is 23.1 Å². The highest BCUT2D eigenvalue weighted by Gasteiger charge is 2.20. The number of carbonyl (C=O) groups excluding carboxylic acids is 1. The van der Waals surface area contributed by atoms with E-state index in [9.17, 15) is 4.79 Å². The molecule has 0 bridgehead atoms. The van der Waals surface area contributed by atoms with Crippen LogP contribution < -0.4 is 11.2 Å². The largest absolute Gasteiger partial charge is 0.336 e. The van der Waals surface area contributed by atoms with Gasteiger partial charge in [-0.1, -0.05) is 0 Å². The van der Waals surface area contributed by atoms with Gasteiger partial charge in [0.05, 0.1) is 6.54 Å². The molecule has 0 saturated heterocycles. The maximum atomic E-state index is 11.4. The number of nitrogens with two attached hydrogens (primary N) is 1. The van der Waals surface area contributed by atoms with Crippen LogP contribution in [0.15, 0.2) is 30.5 Å². The van der Waals surface area contributed by atoms with Gasteiger partial charge in [0.2, 0.25) is 0 Å². The van der Waals surface area contributed by atoms with Crippen molar-refractivity contribution in [3.8, 4) is 11.4 Å². The molecule has 3 rings (SSSR count). The zero-order valence-corrected chi connectivity index (χ0v) is 10.4. The van der Waals surface area contributed by atoms with E-state index in [2.05, 4.69) is 15.3 Å². The van der Waals surface area contributed by atoms with Gasteiger partial charge in [0.1, 0.15) is 0 Å². The van der Waals surface area contributed by atoms with Crippen molar-refractivity contribution in [2.24, 2.45) is 5.84 Å². The molecule has 6 nitrogen and oxygen atoms in total. The smallest absolute Gasteiger partial charge is 0.306 e. The van der Waals surface area contributed by atoms with E-state index in [0.717, 1.165) is 27.5 Å². The number of nitrogens with one attached hydrogen (secondary N) is 1. The zero-order valence-electron chi connectivity index (χ0n) is 10.4. The molecule has 0 saturated carbocycles. The molecule has 2 heterocycles. The summed E-state index contributed by atoms with van der Waals surface area (Å²) in [6.07, 6.45) is 1.73. The normalized spacial score (nSPS) is 14.0. The SMILES string of the molecule is Cc1ccnc(-c2ccc3c(c2)CN(N)C(=O)N3)n1. The average Bonchev–Trinajstić information content (AvgIpc) is 2.39. The molecular weight excluding hydrogens is 242 g/mol. The first-order chi connectivity index (χ1) is 9.13. The fourth-order valence-electron chi connectivity index (χ4n) is 2.02. The van der Waals surface area contributed by atoms with Crippen LogP contribution in [0.25, 0.3) is 11.4 Å². The van der Waals surface area contributed by atoms with Crippen molar-refractivity contribution < 1.29 is 4.79 Å². The quantitative estimate of drug-likeness (QED) is 0.599. The maximum Gasteiger partial charge on any atom is 0.336 e. The molecule has 96 valence electrons. The number of aryl methyl sites for hydroxylation is 1. The number of hydrogen-bond donors (Lipinski definition) is 2. The molecule has 0 radical (unpaired) electrons. The Balaban J connectivity index is 2.02. The van der Waals surface area contributed by atoms with Crippen molar-refractivity contribution in [2.75, 3.05) is 5.32 Å². The first-order valence-corrected chi connectivity index (χ1v) is 5.89. The third-order valence-corrected chi connectivity index (χ3v) is 3.00. The molecule has 0 aliphatic carbocycles. The first kappa shape index (κ1) is 11.6. The Morgan fingerprint density at radius 1 is 1.37 bits per heavy atom. The monoisotopic (exact) mass is 255 g/mol. The average molecular weight is 255 g/mol. The van der Waals surface area contributed by atoms with Crippen molar-refractivity contribution in [1.29, 1.82) is 0 Å². The van der Waals surface area contributed by atoms with E-state index in [-0.39, 0.29) is 6.03 Å². The van der Waals surface area contributed by atoms with E-state index in [1.54, 1.807) is 6.20 Å². The number of benzene rings is 1. The lowest BCUT2D eigenvalue weighted by Gasteiger charge is -2.25. The van der Waals surface area contributed by atoms with Crippen LogP contribution in [-0.2, 0) is 6.54 Å². The number of amides is 2. The minimum atomic E-state index is -0.299. The highest BCUT2D eigenvalue weighted by Crippen LogP contribution is 2.26. The summed E-state index contributed by atoms with van der Waals surface area (Å²) in [7, 11) is 0. The number of nitrogens with zero attached hydrogens (tertiary/aromatic N) is 3. The van der Waals surface area contributed by atoms with Crippen LogP contribution in [0, 0.1) is 6.92 Å². The van der Waals surface area contributed by atoms with Crippen LogP contribution in [0.5, 0.6) is 0 Å². The Labute approximate surface area is 110 Å². The van der Waals surface area contributed by atoms with E-state index >= 15 is 0 Å². The predicted octanol–water partition coefficient (Wildman–Crippen LogP) is 1.67. The lowest BCUT2D eigenvalue weighted by molar-refractivity contribution is 0.208. The molecule has 6 heteroatoms. The van der Waals surface area contributed by atoms with Gasteiger partial charge in [-0.3, -0.25) is 5.01 Å². The molecule has 3 N–H and O–H groups in total. The second-order valence-electron chi connectivity index (χ2n) is 4.45. The highest BCUT2D eigenvalue weighted by molar-refractivity contribution is 5.92. The second kappa shape index (κ2) is 4.33. The molecule has 1 aliphatic heterocycles. The van der Waals surface area contributed by atoms with Crippen molar-refractivity contribution in [3.05, 3.63) is 41.7 Å². The summed E-state index contributed by atoms with van der Waals surface area (Å²) in [4.78, 5) is 20.1. The van der Waals surface area contributed by atoms with E-state index in [1.807, 2.05) is 31.2 Å². The summed E-state index contributed by atoms with van der Waals surface area (Å²) < 4.78 is 0. The Hall–Kier alpha value is -2.47. The number of carbonyl (C=O) groups is 1. The topological polar surface area (TPSA) is 84.1 Å². The summed E-state index contributed by atoms with van der Waals surface area (Å²) in [5, 5.41) is 3.86. The molecule has 1 aliphatic rings. The third kappa shape index (κ3) is 2.13. The second-order valence-corrected chi connectivity index (χ2v) is 4.45. The number of fused-ring (bicyclic) bond motifs is 1. The van der Waals surface area contributed by atoms with Gasteiger partial charge < -0.3 is 5.32 Å². The minimum absolute atomic E-state index is 0.299. The van der Waals surface area contributed by atoms with Crippen LogP contribution >= 0.6 is 0 Å². The fraction of sp³-hybridized carbons (Fsp3) is 0.154. The highest BCUT2D eigenvalue weighted by atomic mass is 16.2. The summed E-state index contributed by atoms with van der Waals surface area (Å²) in [6, 6.07) is 7.24. The van der Waals surface area contributed by atoms with Crippen LogP contribution in [-0.4, -0.2) is 21.0 Å². The Morgan fingerprint density at radius 3 is 3.00 bits per heavy atom. The van der Waals surface area contributed by atoms with Crippen molar-refractivity contribution in [2.45, 2.75) is 13.5 Å². The Bertz CT molecular complexity index is 655. The summed E-state index contributed by atoms with van der Waals surface area (Å²) in [5.74, 6) is 6.27. The maximum absolute atomic E-state index is 11.4. The van der Waals surface area contributed by atoms with Crippen LogP contribution in [0.4, 0.5) is 10.5 Å². The lowest BCUT2D eigenvalue weighted by atomic mass is 10.1. The van der Waals surface area contributed by atoms with Gasteiger partial charge >= 0.3 is 6.03 Å². The molecule has 0 fully saturated rings. The van der Waals surface area contributed by atoms with Crippen molar-refractivity contribution >= 4 is 11.7 Å². The van der Waals surface area contributed by atoms with E-state index in [4.69, 9.17) is 5.84 Å². The van der Waals surface area contributed by atoms with Crippen LogP contribution in [0.2, 0.25) is 0 Å². The van der Waals surface area contributed by atoms with E-state index < -0.39 is 0 Å². The number of hydrazine groups is 1. The number of hydrogen-bond acceptors (Lipinski definition) is 4. The van der Waals surface area contributed by atoms with Crippen molar-refractivity contribution in [3.63, 3.8) is 0 Å². The van der Waals surface area contributed by atoms with E-state index in [0.29, 0.717) is 12.4 Å². The van der Waals surface area contributed by atoms with Gasteiger partial charge in [-0.25, -0.2) is 20.6 Å². The van der Waals surface area contributed by atoms with Crippen LogP contribution in [0.1, 0.15) is 11.3 Å². The van der Waals surface area contributed by atoms with Gasteiger partial charge in [0.25, 0.3) is 0 Å². The number of rotatable bonds is 1. The number of anilines is 1. The van der Waals surface area contributed by atoms with Crippen molar-refractivity contribution in [1.82, 2.24) is 15.0 Å². The fourth-order valence-corrected chi connectivity index (χ4v) is 2.02. The Kier molecular flexibility index (Phi) is 2.64. The number of aromatic nitrogens is 2. The zero-order chi connectivity index (χ0) is 13.4. The third-order valence-electron chi connectivity index (χ3n) is 3.00. The molecule has 2 amide bonds. The predicted molar refractivity (Wildman–Crippen MR) is 71.0 cm³/mol. The molecule has 0 spiro atoms. The molecule has 1 aromatic heterocycles. The molecular formula is C13H13N5O. The summed E-state index contributed by atoms with van der Waals surface area (Å²) in [6.45, 7) is 2.30. The molecule has 0 unspecified atom stereocenters.